The molecular weight excluding hydrogens is 182 g/mol. The van der Waals surface area contributed by atoms with Crippen molar-refractivity contribution in [2.45, 2.75) is 12.5 Å². The summed E-state index contributed by atoms with van der Waals surface area (Å²) in [7, 11) is 5.82. The molecule has 66 valence electrons. The van der Waals surface area contributed by atoms with Gasteiger partial charge in [0.05, 0.1) is 27.7 Å². The molecular formula is C7H15CrNO2. The number of hydrogen-bond donors (Lipinski definition) is 0. The van der Waals surface area contributed by atoms with Gasteiger partial charge in [0, 0.05) is 17.4 Å². The van der Waals surface area contributed by atoms with Gasteiger partial charge in [-0.3, -0.25) is 0 Å². The van der Waals surface area contributed by atoms with Crippen molar-refractivity contribution in [2.24, 2.45) is 0 Å². The molecule has 0 rings (SSSR count). The van der Waals surface area contributed by atoms with Crippen LogP contribution in [0.5, 0.6) is 0 Å². The molecule has 0 bridgehead atoms. The zero-order valence-electron chi connectivity index (χ0n) is 7.24. The Morgan fingerprint density at radius 3 is 2.18 bits per heavy atom. The summed E-state index contributed by atoms with van der Waals surface area (Å²) in [6.07, 6.45) is 0.0838. The second kappa shape index (κ2) is 5.73. The summed E-state index contributed by atoms with van der Waals surface area (Å²) >= 11 is 0. The number of nitrogens with zero attached hydrogens (tertiary/aromatic N) is 1. The van der Waals surface area contributed by atoms with Crippen LogP contribution in [0.15, 0.2) is 0 Å². The Hall–Kier alpha value is 0.122. The van der Waals surface area contributed by atoms with E-state index in [2.05, 4.69) is 0 Å². The smallest absolute Gasteiger partial charge is 0.119 e. The molecule has 1 atom stereocenters. The van der Waals surface area contributed by atoms with Gasteiger partial charge in [0.25, 0.3) is 0 Å². The van der Waals surface area contributed by atoms with E-state index in [-0.39, 0.29) is 23.8 Å². The van der Waals surface area contributed by atoms with Gasteiger partial charge >= 0.3 is 0 Å². The van der Waals surface area contributed by atoms with E-state index in [0.717, 1.165) is 0 Å². The summed E-state index contributed by atoms with van der Waals surface area (Å²) < 4.78 is 0.627. The van der Waals surface area contributed by atoms with Crippen molar-refractivity contribution in [3.05, 3.63) is 0 Å². The largest absolute Gasteiger partial charge is 0.848 e. The Bertz CT molecular complexity index is 111. The zero-order chi connectivity index (χ0) is 8.20. The van der Waals surface area contributed by atoms with Crippen LogP contribution in [0.1, 0.15) is 6.42 Å². The van der Waals surface area contributed by atoms with Crippen LogP contribution in [-0.2, 0) is 22.2 Å². The minimum atomic E-state index is -0.738. The first-order valence-corrected chi connectivity index (χ1v) is 3.35. The fourth-order valence-corrected chi connectivity index (χ4v) is 0.793. The third-order valence-corrected chi connectivity index (χ3v) is 1.11. The van der Waals surface area contributed by atoms with Crippen LogP contribution in [0.25, 0.3) is 0 Å². The molecule has 0 saturated carbocycles. The van der Waals surface area contributed by atoms with Gasteiger partial charge in [-0.2, -0.15) is 0 Å². The Morgan fingerprint density at radius 1 is 1.45 bits per heavy atom. The van der Waals surface area contributed by atoms with E-state index in [4.69, 9.17) is 0 Å². The van der Waals surface area contributed by atoms with E-state index in [0.29, 0.717) is 17.3 Å². The number of carbonyl (C=O) groups excluding carboxylic acids is 1. The van der Waals surface area contributed by atoms with E-state index in [1.54, 1.807) is 0 Å². The number of carbonyl (C=O) groups is 1. The van der Waals surface area contributed by atoms with Gasteiger partial charge in [-0.1, -0.05) is 6.10 Å². The number of hydrogen-bond acceptors (Lipinski definition) is 2. The molecule has 0 aliphatic rings. The Labute approximate surface area is 78.7 Å². The molecule has 0 radical (unpaired) electrons. The molecule has 0 aliphatic heterocycles. The van der Waals surface area contributed by atoms with Crippen LogP contribution in [0.4, 0.5) is 0 Å². The number of quaternary nitrogens is 1. The maximum Gasteiger partial charge on any atom is 0.119 e. The second-order valence-electron chi connectivity index (χ2n) is 3.50. The first kappa shape index (κ1) is 13.7. The fraction of sp³-hybridized carbons (Fsp3) is 0.857. The van der Waals surface area contributed by atoms with Gasteiger partial charge in [0.1, 0.15) is 6.29 Å². The van der Waals surface area contributed by atoms with E-state index in [9.17, 15) is 9.90 Å². The molecule has 0 fully saturated rings. The predicted octanol–water partition coefficient (Wildman–Crippen LogP) is -0.992. The van der Waals surface area contributed by atoms with Gasteiger partial charge in [-0.15, -0.1) is 0 Å². The van der Waals surface area contributed by atoms with E-state index in [1.165, 1.54) is 0 Å². The summed E-state index contributed by atoms with van der Waals surface area (Å²) in [4.78, 5) is 9.89. The van der Waals surface area contributed by atoms with Gasteiger partial charge in [0.2, 0.25) is 0 Å². The van der Waals surface area contributed by atoms with Gasteiger partial charge in [0.15, 0.2) is 0 Å². The number of rotatable bonds is 4. The molecule has 4 heteroatoms. The Balaban J connectivity index is 0. The Kier molecular flexibility index (Phi) is 7.14. The topological polar surface area (TPSA) is 40.1 Å². The molecule has 11 heavy (non-hydrogen) atoms. The molecule has 0 aliphatic carbocycles. The molecule has 0 aromatic heterocycles. The molecule has 0 aromatic carbocycles. The van der Waals surface area contributed by atoms with Crippen molar-refractivity contribution in [1.82, 2.24) is 0 Å². The third kappa shape index (κ3) is 10.1. The van der Waals surface area contributed by atoms with Crippen molar-refractivity contribution in [1.29, 1.82) is 0 Å². The van der Waals surface area contributed by atoms with Crippen molar-refractivity contribution < 1.29 is 31.7 Å². The summed E-state index contributed by atoms with van der Waals surface area (Å²) in [6, 6.07) is 0. The molecule has 0 saturated heterocycles. The molecule has 0 aromatic rings. The molecule has 1 unspecified atom stereocenters. The molecule has 0 heterocycles. The molecule has 0 spiro atoms. The van der Waals surface area contributed by atoms with Crippen molar-refractivity contribution >= 4 is 6.29 Å². The fourth-order valence-electron chi connectivity index (χ4n) is 0.793. The normalized spacial score (nSPS) is 13.5. The third-order valence-electron chi connectivity index (χ3n) is 1.11. The van der Waals surface area contributed by atoms with Crippen LogP contribution in [0.3, 0.4) is 0 Å². The van der Waals surface area contributed by atoms with E-state index < -0.39 is 6.10 Å². The first-order chi connectivity index (χ1) is 4.45. The van der Waals surface area contributed by atoms with Crippen LogP contribution < -0.4 is 5.11 Å². The van der Waals surface area contributed by atoms with Crippen LogP contribution in [0.2, 0.25) is 0 Å². The van der Waals surface area contributed by atoms with E-state index in [1.807, 2.05) is 21.1 Å². The van der Waals surface area contributed by atoms with Crippen LogP contribution >= 0.6 is 0 Å². The quantitative estimate of drug-likeness (QED) is 0.429. The van der Waals surface area contributed by atoms with Crippen LogP contribution in [-0.4, -0.2) is 44.6 Å². The Morgan fingerprint density at radius 2 is 1.91 bits per heavy atom. The molecule has 0 N–H and O–H groups in total. The average Bonchev–Trinajstić information content (AvgIpc) is 1.59. The second-order valence-corrected chi connectivity index (χ2v) is 3.50. The van der Waals surface area contributed by atoms with Gasteiger partial charge in [-0.05, 0) is 6.42 Å². The number of likely N-dealkylation sites (N-methyl/N-ethyl adjacent to an activating group) is 1. The summed E-state index contributed by atoms with van der Waals surface area (Å²) in [5.74, 6) is 0. The summed E-state index contributed by atoms with van der Waals surface area (Å²) in [5.41, 5.74) is 0. The standard InChI is InChI=1S/C7H15NO2.Cr/c1-8(2,3)6-7(10)4-5-9;/h5,7H,4,6H2,1-3H3;. The predicted molar refractivity (Wildman–Crippen MR) is 37.4 cm³/mol. The maximum absolute atomic E-state index is 10.9. The van der Waals surface area contributed by atoms with Crippen molar-refractivity contribution in [2.75, 3.05) is 27.7 Å². The first-order valence-electron chi connectivity index (χ1n) is 3.35. The van der Waals surface area contributed by atoms with Gasteiger partial charge < -0.3 is 14.4 Å². The summed E-state index contributed by atoms with van der Waals surface area (Å²) in [5, 5.41) is 10.9. The summed E-state index contributed by atoms with van der Waals surface area (Å²) in [6.45, 7) is 0.513. The SMILES string of the molecule is C[N+](C)(C)CC([O-])CC=O.[Cr]. The molecule has 3 nitrogen and oxygen atoms in total. The zero-order valence-corrected chi connectivity index (χ0v) is 8.52. The van der Waals surface area contributed by atoms with E-state index >= 15 is 0 Å². The molecule has 0 amide bonds. The monoisotopic (exact) mass is 197 g/mol. The minimum Gasteiger partial charge on any atom is -0.848 e. The van der Waals surface area contributed by atoms with Crippen molar-refractivity contribution in [3.63, 3.8) is 0 Å². The van der Waals surface area contributed by atoms with Gasteiger partial charge in [-0.25, -0.2) is 0 Å². The average molecular weight is 197 g/mol. The minimum absolute atomic E-state index is 0. The van der Waals surface area contributed by atoms with Crippen molar-refractivity contribution in [3.8, 4) is 0 Å². The maximum atomic E-state index is 10.9. The number of aldehydes is 1. The van der Waals surface area contributed by atoms with Crippen LogP contribution in [0, 0.1) is 0 Å².